The molecule has 1 heterocycles. The van der Waals surface area contributed by atoms with Gasteiger partial charge in [-0.1, -0.05) is 26.7 Å². The van der Waals surface area contributed by atoms with E-state index in [9.17, 15) is 4.79 Å². The number of hydrogen-bond acceptors (Lipinski definition) is 3. The van der Waals surface area contributed by atoms with Gasteiger partial charge in [0.15, 0.2) is 5.58 Å². The summed E-state index contributed by atoms with van der Waals surface area (Å²) in [6.45, 7) is 4.26. The molecule has 2 aromatic rings. The first kappa shape index (κ1) is 14.8. The van der Waals surface area contributed by atoms with Crippen LogP contribution in [0, 0.1) is 4.84 Å². The first-order valence-corrected chi connectivity index (χ1v) is 7.48. The highest BCUT2D eigenvalue weighted by atomic mass is 32.1. The van der Waals surface area contributed by atoms with E-state index in [1.165, 1.54) is 0 Å². The Balaban J connectivity index is 2.15. The van der Waals surface area contributed by atoms with E-state index in [2.05, 4.69) is 24.1 Å². The zero-order valence-corrected chi connectivity index (χ0v) is 12.7. The molecule has 1 amide bonds. The molecule has 0 aliphatic carbocycles. The number of carbonyl (C=O) groups is 1. The van der Waals surface area contributed by atoms with Gasteiger partial charge in [0.05, 0.1) is 5.52 Å². The summed E-state index contributed by atoms with van der Waals surface area (Å²) < 4.78 is 5.29. The van der Waals surface area contributed by atoms with Crippen molar-refractivity contribution in [2.75, 3.05) is 0 Å². The predicted molar refractivity (Wildman–Crippen MR) is 82.5 cm³/mol. The van der Waals surface area contributed by atoms with E-state index in [4.69, 9.17) is 16.6 Å². The molecule has 0 saturated carbocycles. The Morgan fingerprint density at radius 1 is 1.35 bits per heavy atom. The number of aromatic nitrogens is 1. The Labute approximate surface area is 123 Å². The smallest absolute Gasteiger partial charge is 0.266 e. The van der Waals surface area contributed by atoms with Crippen LogP contribution in [0.5, 0.6) is 0 Å². The molecule has 0 unspecified atom stereocenters. The molecule has 0 fully saturated rings. The van der Waals surface area contributed by atoms with Crippen LogP contribution in [-0.4, -0.2) is 16.9 Å². The average Bonchev–Trinajstić information content (AvgIpc) is 2.78. The van der Waals surface area contributed by atoms with Crippen LogP contribution < -0.4 is 5.32 Å². The maximum atomic E-state index is 12.3. The lowest BCUT2D eigenvalue weighted by atomic mass is 10.1. The fourth-order valence-corrected chi connectivity index (χ4v) is 2.55. The molecule has 2 N–H and O–H groups in total. The van der Waals surface area contributed by atoms with Crippen LogP contribution in [-0.2, 0) is 0 Å². The number of amides is 1. The molecule has 2 rings (SSSR count). The van der Waals surface area contributed by atoms with Crippen LogP contribution in [0.3, 0.4) is 0 Å². The van der Waals surface area contributed by atoms with Gasteiger partial charge in [0.25, 0.3) is 10.7 Å². The molecular weight excluding hydrogens is 272 g/mol. The predicted octanol–water partition coefficient (Wildman–Crippen LogP) is 4.19. The number of rotatable bonds is 6. The average molecular weight is 292 g/mol. The van der Waals surface area contributed by atoms with E-state index in [-0.39, 0.29) is 11.9 Å². The van der Waals surface area contributed by atoms with Crippen LogP contribution in [0.4, 0.5) is 0 Å². The van der Waals surface area contributed by atoms with Crippen molar-refractivity contribution in [3.05, 3.63) is 28.6 Å². The Bertz CT molecular complexity index is 639. The van der Waals surface area contributed by atoms with Gasteiger partial charge in [0.1, 0.15) is 0 Å². The van der Waals surface area contributed by atoms with E-state index in [1.54, 1.807) is 18.2 Å². The number of benzene rings is 1. The summed E-state index contributed by atoms with van der Waals surface area (Å²) in [4.78, 5) is 15.5. The SMILES string of the molecule is CCCC(CCC)NC(=O)c1ccc2oc(=S)[nH]c2c1. The molecular formula is C15H20N2O2S. The molecule has 108 valence electrons. The van der Waals surface area contributed by atoms with Crippen LogP contribution in [0.2, 0.25) is 0 Å². The number of H-pyrrole nitrogens is 1. The van der Waals surface area contributed by atoms with Crippen molar-refractivity contribution >= 4 is 29.2 Å². The summed E-state index contributed by atoms with van der Waals surface area (Å²) in [5.41, 5.74) is 2.05. The first-order valence-electron chi connectivity index (χ1n) is 7.07. The van der Waals surface area contributed by atoms with E-state index in [0.29, 0.717) is 16.0 Å². The van der Waals surface area contributed by atoms with Crippen LogP contribution in [0.25, 0.3) is 11.1 Å². The summed E-state index contributed by atoms with van der Waals surface area (Å²) in [5.74, 6) is -0.0423. The van der Waals surface area contributed by atoms with Crippen molar-refractivity contribution in [2.45, 2.75) is 45.6 Å². The maximum Gasteiger partial charge on any atom is 0.266 e. The van der Waals surface area contributed by atoms with Gasteiger partial charge >= 0.3 is 0 Å². The summed E-state index contributed by atoms with van der Waals surface area (Å²) in [6.07, 6.45) is 4.16. The van der Waals surface area contributed by atoms with E-state index in [1.807, 2.05) is 0 Å². The molecule has 0 saturated heterocycles. The lowest BCUT2D eigenvalue weighted by molar-refractivity contribution is 0.0932. The fourth-order valence-electron chi connectivity index (χ4n) is 2.35. The number of carbonyl (C=O) groups excluding carboxylic acids is 1. The second kappa shape index (κ2) is 6.70. The van der Waals surface area contributed by atoms with Gasteiger partial charge in [-0.15, -0.1) is 0 Å². The largest absolute Gasteiger partial charge is 0.429 e. The second-order valence-electron chi connectivity index (χ2n) is 4.97. The monoisotopic (exact) mass is 292 g/mol. The third-order valence-electron chi connectivity index (χ3n) is 3.29. The van der Waals surface area contributed by atoms with E-state index < -0.39 is 0 Å². The second-order valence-corrected chi connectivity index (χ2v) is 5.34. The highest BCUT2D eigenvalue weighted by molar-refractivity contribution is 7.71. The normalized spacial score (nSPS) is 11.2. The van der Waals surface area contributed by atoms with Crippen LogP contribution >= 0.6 is 12.2 Å². The number of hydrogen-bond donors (Lipinski definition) is 2. The van der Waals surface area contributed by atoms with Crippen molar-refractivity contribution in [3.63, 3.8) is 0 Å². The molecule has 5 heteroatoms. The molecule has 0 aliphatic rings. The van der Waals surface area contributed by atoms with Gasteiger partial charge in [-0.25, -0.2) is 0 Å². The van der Waals surface area contributed by atoms with Crippen molar-refractivity contribution < 1.29 is 9.21 Å². The molecule has 1 aromatic heterocycles. The van der Waals surface area contributed by atoms with Crippen LogP contribution in [0.15, 0.2) is 22.6 Å². The van der Waals surface area contributed by atoms with Crippen molar-refractivity contribution in [3.8, 4) is 0 Å². The Morgan fingerprint density at radius 3 is 2.70 bits per heavy atom. The molecule has 1 aromatic carbocycles. The highest BCUT2D eigenvalue weighted by Gasteiger charge is 2.13. The summed E-state index contributed by atoms with van der Waals surface area (Å²) in [6, 6.07) is 5.55. The summed E-state index contributed by atoms with van der Waals surface area (Å²) >= 11 is 4.94. The maximum absolute atomic E-state index is 12.3. The number of aromatic amines is 1. The van der Waals surface area contributed by atoms with Gasteiger partial charge in [0, 0.05) is 11.6 Å². The van der Waals surface area contributed by atoms with Gasteiger partial charge in [0.2, 0.25) is 0 Å². The first-order chi connectivity index (χ1) is 9.63. The Hall–Kier alpha value is -1.62. The highest BCUT2D eigenvalue weighted by Crippen LogP contribution is 2.16. The minimum atomic E-state index is -0.0423. The Morgan fingerprint density at radius 2 is 2.05 bits per heavy atom. The summed E-state index contributed by atoms with van der Waals surface area (Å²) in [5, 5.41) is 3.10. The molecule has 0 bridgehead atoms. The number of nitrogens with one attached hydrogen (secondary N) is 2. The fraction of sp³-hybridized carbons (Fsp3) is 0.467. The third kappa shape index (κ3) is 3.48. The van der Waals surface area contributed by atoms with Crippen molar-refractivity contribution in [1.82, 2.24) is 10.3 Å². The molecule has 0 atom stereocenters. The van der Waals surface area contributed by atoms with Gasteiger partial charge < -0.3 is 14.7 Å². The molecule has 20 heavy (non-hydrogen) atoms. The van der Waals surface area contributed by atoms with Gasteiger partial charge in [-0.05, 0) is 43.3 Å². The van der Waals surface area contributed by atoms with Gasteiger partial charge in [-0.2, -0.15) is 0 Å². The zero-order chi connectivity index (χ0) is 14.5. The topological polar surface area (TPSA) is 58.0 Å². The molecule has 0 radical (unpaired) electrons. The number of fused-ring (bicyclic) bond motifs is 1. The van der Waals surface area contributed by atoms with Crippen molar-refractivity contribution in [2.24, 2.45) is 0 Å². The van der Waals surface area contributed by atoms with E-state index in [0.717, 1.165) is 31.2 Å². The minimum Gasteiger partial charge on any atom is -0.429 e. The third-order valence-corrected chi connectivity index (χ3v) is 3.48. The van der Waals surface area contributed by atoms with Crippen LogP contribution in [0.1, 0.15) is 49.9 Å². The zero-order valence-electron chi connectivity index (χ0n) is 11.9. The standard InChI is InChI=1S/C15H20N2O2S/c1-3-5-11(6-4-2)16-14(18)10-7-8-13-12(9-10)17-15(20)19-13/h7-9,11H,3-6H2,1-2H3,(H,16,18)(H,17,20). The lowest BCUT2D eigenvalue weighted by Gasteiger charge is -2.17. The lowest BCUT2D eigenvalue weighted by Crippen LogP contribution is -2.34. The summed E-state index contributed by atoms with van der Waals surface area (Å²) in [7, 11) is 0. The quantitative estimate of drug-likeness (QED) is 0.785. The van der Waals surface area contributed by atoms with E-state index >= 15 is 0 Å². The Kier molecular flexibility index (Phi) is 4.95. The molecule has 4 nitrogen and oxygen atoms in total. The van der Waals surface area contributed by atoms with Crippen molar-refractivity contribution in [1.29, 1.82) is 0 Å². The minimum absolute atomic E-state index is 0.0423. The molecule has 0 aliphatic heterocycles. The number of oxazole rings is 1. The van der Waals surface area contributed by atoms with Gasteiger partial charge in [-0.3, -0.25) is 4.79 Å². The molecule has 0 spiro atoms.